The lowest BCUT2D eigenvalue weighted by atomic mass is 9.97. The van der Waals surface area contributed by atoms with Gasteiger partial charge in [0, 0.05) is 48.0 Å². The van der Waals surface area contributed by atoms with E-state index in [0.717, 1.165) is 50.1 Å². The maximum absolute atomic E-state index is 6.13. The van der Waals surface area contributed by atoms with Crippen LogP contribution in [0.1, 0.15) is 0 Å². The first kappa shape index (κ1) is 31.6. The summed E-state index contributed by atoms with van der Waals surface area (Å²) >= 11 is 1.87. The molecule has 0 spiro atoms. The third-order valence-corrected chi connectivity index (χ3v) is 12.1. The molecule has 0 amide bonds. The number of hydrogen-bond donors (Lipinski definition) is 0. The zero-order valence-electron chi connectivity index (χ0n) is 29.8. The summed E-state index contributed by atoms with van der Waals surface area (Å²) in [5.41, 5.74) is 12.3. The summed E-state index contributed by atoms with van der Waals surface area (Å²) in [5, 5.41) is 7.38. The number of nitrogens with zero attached hydrogens (tertiary/aromatic N) is 1. The van der Waals surface area contributed by atoms with E-state index in [1.807, 2.05) is 23.5 Å². The first-order valence-corrected chi connectivity index (χ1v) is 19.5. The highest BCUT2D eigenvalue weighted by atomic mass is 32.1. The van der Waals surface area contributed by atoms with Crippen LogP contribution >= 0.6 is 11.3 Å². The first-order valence-electron chi connectivity index (χ1n) is 18.7. The molecule has 2 aromatic heterocycles. The van der Waals surface area contributed by atoms with Crippen molar-refractivity contribution in [3.8, 4) is 33.4 Å². The van der Waals surface area contributed by atoms with Gasteiger partial charge in [-0.1, -0.05) is 140 Å². The van der Waals surface area contributed by atoms with E-state index < -0.39 is 0 Å². The Hall–Kier alpha value is -6.94. The van der Waals surface area contributed by atoms with Gasteiger partial charge in [-0.25, -0.2) is 0 Å². The van der Waals surface area contributed by atoms with E-state index >= 15 is 0 Å². The lowest BCUT2D eigenvalue weighted by Crippen LogP contribution is -2.10. The molecular weight excluding hydrogens is 687 g/mol. The van der Waals surface area contributed by atoms with Gasteiger partial charge in [0.05, 0.1) is 0 Å². The minimum atomic E-state index is 0.907. The zero-order valence-corrected chi connectivity index (χ0v) is 30.6. The van der Waals surface area contributed by atoms with Crippen molar-refractivity contribution < 1.29 is 4.42 Å². The lowest BCUT2D eigenvalue weighted by Gasteiger charge is -2.27. The minimum Gasteiger partial charge on any atom is -0.456 e. The van der Waals surface area contributed by atoms with E-state index in [2.05, 4.69) is 193 Å². The van der Waals surface area contributed by atoms with E-state index in [0.29, 0.717) is 0 Å². The number of thiophene rings is 1. The van der Waals surface area contributed by atoms with Gasteiger partial charge >= 0.3 is 0 Å². The van der Waals surface area contributed by atoms with Crippen molar-refractivity contribution >= 4 is 81.3 Å². The molecule has 0 saturated carbocycles. The topological polar surface area (TPSA) is 16.4 Å². The lowest BCUT2D eigenvalue weighted by molar-refractivity contribution is 0.669. The van der Waals surface area contributed by atoms with Crippen molar-refractivity contribution in [1.82, 2.24) is 0 Å². The Morgan fingerprint density at radius 3 is 1.78 bits per heavy atom. The third-order valence-electron chi connectivity index (χ3n) is 10.9. The maximum atomic E-state index is 6.13. The number of furan rings is 1. The second-order valence-electron chi connectivity index (χ2n) is 14.1. The van der Waals surface area contributed by atoms with E-state index in [1.54, 1.807) is 0 Å². The number of anilines is 3. The summed E-state index contributed by atoms with van der Waals surface area (Å²) in [6.07, 6.45) is 0. The summed E-state index contributed by atoms with van der Waals surface area (Å²) in [5.74, 6) is 0. The van der Waals surface area contributed by atoms with Gasteiger partial charge in [0.1, 0.15) is 11.2 Å². The van der Waals surface area contributed by atoms with Crippen molar-refractivity contribution in [2.75, 3.05) is 4.90 Å². The summed E-state index contributed by atoms with van der Waals surface area (Å²) in [7, 11) is 0. The second kappa shape index (κ2) is 12.9. The zero-order chi connectivity index (χ0) is 36.3. The Bertz CT molecular complexity index is 3220. The van der Waals surface area contributed by atoms with Crippen molar-refractivity contribution in [2.24, 2.45) is 0 Å². The van der Waals surface area contributed by atoms with Crippen LogP contribution in [0.3, 0.4) is 0 Å². The molecule has 0 saturated heterocycles. The molecule has 0 aliphatic carbocycles. The number of hydrogen-bond acceptors (Lipinski definition) is 3. The van der Waals surface area contributed by atoms with Crippen molar-refractivity contribution in [3.63, 3.8) is 0 Å². The molecular formula is C52H33NOS. The van der Waals surface area contributed by atoms with E-state index in [9.17, 15) is 0 Å². The van der Waals surface area contributed by atoms with Gasteiger partial charge in [-0.3, -0.25) is 0 Å². The molecule has 0 aliphatic rings. The fraction of sp³-hybridized carbons (Fsp3) is 0. The summed E-state index contributed by atoms with van der Waals surface area (Å²) < 4.78 is 8.76. The molecule has 2 heterocycles. The smallest absolute Gasteiger partial charge is 0.135 e. The molecule has 0 N–H and O–H groups in total. The van der Waals surface area contributed by atoms with Gasteiger partial charge in [0.25, 0.3) is 0 Å². The van der Waals surface area contributed by atoms with E-state index in [4.69, 9.17) is 4.42 Å². The van der Waals surface area contributed by atoms with Crippen molar-refractivity contribution in [3.05, 3.63) is 200 Å². The van der Waals surface area contributed by atoms with Gasteiger partial charge in [-0.15, -0.1) is 11.3 Å². The number of rotatable bonds is 6. The molecule has 0 fully saturated rings. The van der Waals surface area contributed by atoms with Gasteiger partial charge in [-0.2, -0.15) is 0 Å². The largest absolute Gasteiger partial charge is 0.456 e. The Labute approximate surface area is 322 Å². The first-order chi connectivity index (χ1) is 27.2. The van der Waals surface area contributed by atoms with Crippen molar-refractivity contribution in [2.45, 2.75) is 0 Å². The van der Waals surface area contributed by atoms with Crippen LogP contribution in [-0.4, -0.2) is 0 Å². The molecule has 2 nitrogen and oxygen atoms in total. The minimum absolute atomic E-state index is 0.907. The molecule has 0 unspecified atom stereocenters. The van der Waals surface area contributed by atoms with Crippen LogP contribution in [0.5, 0.6) is 0 Å². The fourth-order valence-corrected chi connectivity index (χ4v) is 9.47. The quantitative estimate of drug-likeness (QED) is 0.170. The monoisotopic (exact) mass is 719 g/mol. The molecule has 0 radical (unpaired) electrons. The Morgan fingerprint density at radius 1 is 0.345 bits per heavy atom. The average Bonchev–Trinajstić information content (AvgIpc) is 3.82. The highest BCUT2D eigenvalue weighted by Gasteiger charge is 2.17. The molecule has 0 atom stereocenters. The highest BCUT2D eigenvalue weighted by Crippen LogP contribution is 2.43. The Kier molecular flexibility index (Phi) is 7.39. The predicted octanol–water partition coefficient (Wildman–Crippen LogP) is 15.6. The predicted molar refractivity (Wildman–Crippen MR) is 235 cm³/mol. The summed E-state index contributed by atoms with van der Waals surface area (Å²) in [4.78, 5) is 2.39. The van der Waals surface area contributed by atoms with Crippen LogP contribution in [0.15, 0.2) is 205 Å². The van der Waals surface area contributed by atoms with Crippen LogP contribution in [0.25, 0.3) is 86.3 Å². The van der Waals surface area contributed by atoms with Crippen LogP contribution in [0.2, 0.25) is 0 Å². The Balaban J connectivity index is 1.05. The van der Waals surface area contributed by atoms with Crippen LogP contribution in [0.4, 0.5) is 17.1 Å². The van der Waals surface area contributed by atoms with Crippen LogP contribution < -0.4 is 4.90 Å². The van der Waals surface area contributed by atoms with E-state index in [-0.39, 0.29) is 0 Å². The molecule has 11 aromatic rings. The van der Waals surface area contributed by atoms with Crippen LogP contribution in [-0.2, 0) is 0 Å². The van der Waals surface area contributed by atoms with Gasteiger partial charge in [0.15, 0.2) is 0 Å². The molecule has 0 aliphatic heterocycles. The van der Waals surface area contributed by atoms with Crippen LogP contribution in [0, 0.1) is 0 Å². The standard InChI is InChI=1S/C52H33NOS/c1-2-17-42-35(11-1)12-9-20-43(42)37-13-7-15-40(31-37)53(39-28-25-34(26-29-39)36-27-30-50-48(33-36)45-18-3-5-23-49(45)54-50)41-16-8-14-38(32-41)44-21-10-22-47-46-19-4-6-24-51(46)55-52(44)47/h1-33H. The molecule has 3 heteroatoms. The number of fused-ring (bicyclic) bond motifs is 7. The van der Waals surface area contributed by atoms with Crippen molar-refractivity contribution in [1.29, 1.82) is 0 Å². The molecule has 9 aromatic carbocycles. The van der Waals surface area contributed by atoms with E-state index in [1.165, 1.54) is 53.2 Å². The third kappa shape index (κ3) is 5.40. The number of benzene rings is 9. The molecule has 11 rings (SSSR count). The maximum Gasteiger partial charge on any atom is 0.135 e. The van der Waals surface area contributed by atoms with Gasteiger partial charge < -0.3 is 9.32 Å². The number of para-hydroxylation sites is 1. The Morgan fingerprint density at radius 2 is 0.945 bits per heavy atom. The average molecular weight is 720 g/mol. The normalized spacial score (nSPS) is 11.6. The molecule has 55 heavy (non-hydrogen) atoms. The SMILES string of the molecule is c1cc(-c2cccc3ccccc23)cc(N(c2ccc(-c3ccc4oc5ccccc5c4c3)cc2)c2cccc(-c3cccc4c3sc3ccccc34)c2)c1. The van der Waals surface area contributed by atoms with Gasteiger partial charge in [0.2, 0.25) is 0 Å². The fourth-order valence-electron chi connectivity index (χ4n) is 8.23. The summed E-state index contributed by atoms with van der Waals surface area (Å²) in [6.45, 7) is 0. The molecule has 258 valence electrons. The highest BCUT2D eigenvalue weighted by molar-refractivity contribution is 7.26. The summed E-state index contributed by atoms with van der Waals surface area (Å²) in [6, 6.07) is 72.3. The second-order valence-corrected chi connectivity index (χ2v) is 15.2. The van der Waals surface area contributed by atoms with Gasteiger partial charge in [-0.05, 0) is 105 Å². The molecule has 0 bridgehead atoms.